The van der Waals surface area contributed by atoms with Gasteiger partial charge in [0.25, 0.3) is 0 Å². The van der Waals surface area contributed by atoms with Gasteiger partial charge in [-0.05, 0) is 31.4 Å². The standard InChI is InChI=1S/C11H16N2O3S/c1-8-2-5-10(14)11(12-8)13-17(15,16)7-6-9-3-4-9/h2,5,9,14H,3-4,6-7H2,1H3,(H,12,13). The molecule has 0 saturated heterocycles. The molecule has 0 bridgehead atoms. The first-order valence-electron chi connectivity index (χ1n) is 5.63. The van der Waals surface area contributed by atoms with Crippen LogP contribution in [0.1, 0.15) is 25.0 Å². The van der Waals surface area contributed by atoms with Crippen molar-refractivity contribution in [1.82, 2.24) is 4.98 Å². The fraction of sp³-hybridized carbons (Fsp3) is 0.545. The van der Waals surface area contributed by atoms with E-state index < -0.39 is 10.0 Å². The van der Waals surface area contributed by atoms with E-state index in [2.05, 4.69) is 9.71 Å². The maximum Gasteiger partial charge on any atom is 0.233 e. The quantitative estimate of drug-likeness (QED) is 0.839. The molecular formula is C11H16N2O3S. The molecule has 2 rings (SSSR count). The molecule has 0 spiro atoms. The summed E-state index contributed by atoms with van der Waals surface area (Å²) in [6.45, 7) is 1.74. The van der Waals surface area contributed by atoms with E-state index in [0.717, 1.165) is 12.8 Å². The van der Waals surface area contributed by atoms with Crippen LogP contribution in [0.5, 0.6) is 5.75 Å². The second-order valence-electron chi connectivity index (χ2n) is 4.47. The van der Waals surface area contributed by atoms with Crippen molar-refractivity contribution in [3.63, 3.8) is 0 Å². The molecule has 0 amide bonds. The average Bonchev–Trinajstić information content (AvgIpc) is 3.04. The van der Waals surface area contributed by atoms with E-state index in [0.29, 0.717) is 18.0 Å². The highest BCUT2D eigenvalue weighted by Crippen LogP contribution is 2.33. The van der Waals surface area contributed by atoms with Crippen molar-refractivity contribution in [2.75, 3.05) is 10.5 Å². The highest BCUT2D eigenvalue weighted by molar-refractivity contribution is 7.92. The molecule has 1 heterocycles. The number of nitrogens with one attached hydrogen (secondary N) is 1. The minimum atomic E-state index is -3.40. The van der Waals surface area contributed by atoms with Crippen molar-refractivity contribution in [3.8, 4) is 5.75 Å². The highest BCUT2D eigenvalue weighted by Gasteiger charge is 2.24. The van der Waals surface area contributed by atoms with E-state index in [-0.39, 0.29) is 17.3 Å². The summed E-state index contributed by atoms with van der Waals surface area (Å²) in [6, 6.07) is 3.05. The van der Waals surface area contributed by atoms with Crippen molar-refractivity contribution < 1.29 is 13.5 Å². The van der Waals surface area contributed by atoms with Gasteiger partial charge in [0.15, 0.2) is 11.6 Å². The largest absolute Gasteiger partial charge is 0.504 e. The zero-order valence-corrected chi connectivity index (χ0v) is 10.5. The minimum absolute atomic E-state index is 0.0146. The molecule has 5 nitrogen and oxygen atoms in total. The van der Waals surface area contributed by atoms with Gasteiger partial charge in [-0.2, -0.15) is 0 Å². The predicted molar refractivity (Wildman–Crippen MR) is 65.4 cm³/mol. The Balaban J connectivity index is 2.04. The van der Waals surface area contributed by atoms with Crippen molar-refractivity contribution in [2.45, 2.75) is 26.2 Å². The van der Waals surface area contributed by atoms with Gasteiger partial charge in [-0.1, -0.05) is 12.8 Å². The molecule has 1 aliphatic rings. The molecule has 0 radical (unpaired) electrons. The normalized spacial score (nSPS) is 15.8. The van der Waals surface area contributed by atoms with Crippen LogP contribution in [-0.4, -0.2) is 24.3 Å². The molecule has 0 aromatic carbocycles. The van der Waals surface area contributed by atoms with Crippen LogP contribution in [0.15, 0.2) is 12.1 Å². The number of hydrogen-bond donors (Lipinski definition) is 2. The van der Waals surface area contributed by atoms with E-state index in [1.807, 2.05) is 0 Å². The number of anilines is 1. The van der Waals surface area contributed by atoms with Gasteiger partial charge in [0.1, 0.15) is 0 Å². The molecule has 1 saturated carbocycles. The van der Waals surface area contributed by atoms with Gasteiger partial charge in [-0.3, -0.25) is 4.72 Å². The maximum absolute atomic E-state index is 11.7. The molecular weight excluding hydrogens is 240 g/mol. The zero-order chi connectivity index (χ0) is 12.5. The molecule has 0 unspecified atom stereocenters. The monoisotopic (exact) mass is 256 g/mol. The molecule has 1 aromatic rings. The van der Waals surface area contributed by atoms with Crippen LogP contribution in [-0.2, 0) is 10.0 Å². The Morgan fingerprint density at radius 1 is 1.47 bits per heavy atom. The van der Waals surface area contributed by atoms with Crippen LogP contribution in [0.2, 0.25) is 0 Å². The molecule has 0 aliphatic heterocycles. The Labute approximate surface area is 101 Å². The second-order valence-corrected chi connectivity index (χ2v) is 6.32. The first-order chi connectivity index (χ1) is 7.96. The number of nitrogens with zero attached hydrogens (tertiary/aromatic N) is 1. The van der Waals surface area contributed by atoms with Crippen LogP contribution in [0.4, 0.5) is 5.82 Å². The molecule has 2 N–H and O–H groups in total. The Morgan fingerprint density at radius 3 is 2.82 bits per heavy atom. The Bertz CT molecular complexity index is 509. The lowest BCUT2D eigenvalue weighted by atomic mass is 10.3. The number of aromatic nitrogens is 1. The highest BCUT2D eigenvalue weighted by atomic mass is 32.2. The van der Waals surface area contributed by atoms with Gasteiger partial charge >= 0.3 is 0 Å². The van der Waals surface area contributed by atoms with Gasteiger partial charge in [0.05, 0.1) is 5.75 Å². The van der Waals surface area contributed by atoms with Crippen LogP contribution in [0, 0.1) is 12.8 Å². The van der Waals surface area contributed by atoms with Crippen molar-refractivity contribution in [3.05, 3.63) is 17.8 Å². The van der Waals surface area contributed by atoms with E-state index in [4.69, 9.17) is 0 Å². The van der Waals surface area contributed by atoms with Gasteiger partial charge in [-0.15, -0.1) is 0 Å². The van der Waals surface area contributed by atoms with Crippen LogP contribution in [0.3, 0.4) is 0 Å². The number of sulfonamides is 1. The van der Waals surface area contributed by atoms with Gasteiger partial charge in [-0.25, -0.2) is 13.4 Å². The lowest BCUT2D eigenvalue weighted by Crippen LogP contribution is -2.18. The van der Waals surface area contributed by atoms with Crippen molar-refractivity contribution in [1.29, 1.82) is 0 Å². The predicted octanol–water partition coefficient (Wildman–Crippen LogP) is 1.64. The zero-order valence-electron chi connectivity index (χ0n) is 9.68. The fourth-order valence-electron chi connectivity index (χ4n) is 1.55. The fourth-order valence-corrected chi connectivity index (χ4v) is 2.74. The third-order valence-corrected chi connectivity index (χ3v) is 4.03. The van der Waals surface area contributed by atoms with Gasteiger partial charge in [0, 0.05) is 5.69 Å². The molecule has 1 aliphatic carbocycles. The molecule has 6 heteroatoms. The molecule has 17 heavy (non-hydrogen) atoms. The summed E-state index contributed by atoms with van der Waals surface area (Å²) >= 11 is 0. The van der Waals surface area contributed by atoms with Crippen molar-refractivity contribution in [2.24, 2.45) is 5.92 Å². The summed E-state index contributed by atoms with van der Waals surface area (Å²) in [7, 11) is -3.40. The topological polar surface area (TPSA) is 79.3 Å². The molecule has 1 aromatic heterocycles. The molecule has 1 fully saturated rings. The smallest absolute Gasteiger partial charge is 0.233 e. The number of aromatic hydroxyl groups is 1. The Morgan fingerprint density at radius 2 is 2.18 bits per heavy atom. The lowest BCUT2D eigenvalue weighted by Gasteiger charge is -2.08. The summed E-state index contributed by atoms with van der Waals surface area (Å²) < 4.78 is 25.8. The van der Waals surface area contributed by atoms with Gasteiger partial charge < -0.3 is 5.11 Å². The number of rotatable bonds is 5. The summed E-state index contributed by atoms with van der Waals surface area (Å²) in [6.07, 6.45) is 2.94. The Hall–Kier alpha value is -1.30. The summed E-state index contributed by atoms with van der Waals surface area (Å²) in [5, 5.41) is 9.50. The maximum atomic E-state index is 11.7. The SMILES string of the molecule is Cc1ccc(O)c(NS(=O)(=O)CCC2CC2)n1. The van der Waals surface area contributed by atoms with Crippen molar-refractivity contribution >= 4 is 15.8 Å². The first-order valence-corrected chi connectivity index (χ1v) is 7.28. The van der Waals surface area contributed by atoms with E-state index in [1.54, 1.807) is 13.0 Å². The minimum Gasteiger partial charge on any atom is -0.504 e. The third kappa shape index (κ3) is 3.59. The summed E-state index contributed by atoms with van der Waals surface area (Å²) in [5.41, 5.74) is 0.655. The third-order valence-electron chi connectivity index (χ3n) is 2.76. The van der Waals surface area contributed by atoms with E-state index in [1.165, 1.54) is 6.07 Å². The average molecular weight is 256 g/mol. The molecule has 0 atom stereocenters. The first kappa shape index (κ1) is 12.2. The number of hydrogen-bond acceptors (Lipinski definition) is 4. The van der Waals surface area contributed by atoms with Crippen LogP contribution in [0.25, 0.3) is 0 Å². The summed E-state index contributed by atoms with van der Waals surface area (Å²) in [5.74, 6) is 0.518. The van der Waals surface area contributed by atoms with E-state index >= 15 is 0 Å². The van der Waals surface area contributed by atoms with Crippen LogP contribution < -0.4 is 4.72 Å². The van der Waals surface area contributed by atoms with Crippen LogP contribution >= 0.6 is 0 Å². The second kappa shape index (κ2) is 4.52. The van der Waals surface area contributed by atoms with E-state index in [9.17, 15) is 13.5 Å². The number of aryl methyl sites for hydroxylation is 1. The molecule has 94 valence electrons. The lowest BCUT2D eigenvalue weighted by molar-refractivity contribution is 0.475. The number of pyridine rings is 1. The Kier molecular flexibility index (Phi) is 3.24. The van der Waals surface area contributed by atoms with Gasteiger partial charge in [0.2, 0.25) is 10.0 Å². The summed E-state index contributed by atoms with van der Waals surface area (Å²) in [4.78, 5) is 3.96.